The number of amides is 1. The smallest absolute Gasteiger partial charge is 0.261 e. The second-order valence-electron chi connectivity index (χ2n) is 5.26. The number of aryl methyl sites for hydroxylation is 2. The van der Waals surface area contributed by atoms with Crippen LogP contribution in [0.1, 0.15) is 33.8 Å². The summed E-state index contributed by atoms with van der Waals surface area (Å²) in [4.78, 5) is 20.6. The maximum Gasteiger partial charge on any atom is 0.261 e. The van der Waals surface area contributed by atoms with Gasteiger partial charge < -0.3 is 0 Å². The SMILES string of the molecule is C=CCN(C(=O)c1ccccc1Br)c1nc2c(s1)CCCC2. The normalized spacial score (nSPS) is 13.5. The lowest BCUT2D eigenvalue weighted by atomic mass is 10.0. The van der Waals surface area contributed by atoms with E-state index in [-0.39, 0.29) is 5.91 Å². The Labute approximate surface area is 142 Å². The Bertz CT molecular complexity index is 687. The van der Waals surface area contributed by atoms with Crippen LogP contribution in [0.5, 0.6) is 0 Å². The molecule has 1 amide bonds. The summed E-state index contributed by atoms with van der Waals surface area (Å²) in [6, 6.07) is 7.49. The summed E-state index contributed by atoms with van der Waals surface area (Å²) in [6.07, 6.45) is 6.26. The minimum atomic E-state index is -0.0431. The van der Waals surface area contributed by atoms with E-state index in [0.717, 1.165) is 22.4 Å². The highest BCUT2D eigenvalue weighted by atomic mass is 79.9. The van der Waals surface area contributed by atoms with Crippen molar-refractivity contribution in [3.05, 3.63) is 57.5 Å². The van der Waals surface area contributed by atoms with Gasteiger partial charge in [0.2, 0.25) is 0 Å². The van der Waals surface area contributed by atoms with Crippen molar-refractivity contribution in [1.29, 1.82) is 0 Å². The first-order chi connectivity index (χ1) is 10.7. The van der Waals surface area contributed by atoms with Crippen molar-refractivity contribution in [3.8, 4) is 0 Å². The third kappa shape index (κ3) is 3.01. The summed E-state index contributed by atoms with van der Waals surface area (Å²) >= 11 is 5.10. The van der Waals surface area contributed by atoms with Crippen LogP contribution in [-0.4, -0.2) is 17.4 Å². The van der Waals surface area contributed by atoms with Crippen LogP contribution >= 0.6 is 27.3 Å². The number of thiazole rings is 1. The van der Waals surface area contributed by atoms with Crippen LogP contribution in [0, 0.1) is 0 Å². The zero-order valence-corrected chi connectivity index (χ0v) is 14.6. The molecule has 0 saturated carbocycles. The number of carbonyl (C=O) groups excluding carboxylic acids is 1. The fourth-order valence-electron chi connectivity index (χ4n) is 2.61. The van der Waals surface area contributed by atoms with Gasteiger partial charge in [-0.05, 0) is 53.7 Å². The van der Waals surface area contributed by atoms with Gasteiger partial charge >= 0.3 is 0 Å². The molecule has 0 unspecified atom stereocenters. The minimum absolute atomic E-state index is 0.0431. The van der Waals surface area contributed by atoms with E-state index >= 15 is 0 Å². The van der Waals surface area contributed by atoms with Crippen molar-refractivity contribution >= 4 is 38.3 Å². The third-order valence-electron chi connectivity index (χ3n) is 3.73. The summed E-state index contributed by atoms with van der Waals surface area (Å²) in [5.41, 5.74) is 1.82. The molecule has 1 heterocycles. The quantitative estimate of drug-likeness (QED) is 0.729. The van der Waals surface area contributed by atoms with Crippen LogP contribution in [0.15, 0.2) is 41.4 Å². The van der Waals surface area contributed by atoms with Crippen LogP contribution in [0.4, 0.5) is 5.13 Å². The van der Waals surface area contributed by atoms with Crippen molar-refractivity contribution in [3.63, 3.8) is 0 Å². The number of fused-ring (bicyclic) bond motifs is 1. The molecule has 0 saturated heterocycles. The van der Waals surface area contributed by atoms with E-state index in [9.17, 15) is 4.79 Å². The molecule has 0 aliphatic heterocycles. The summed E-state index contributed by atoms with van der Waals surface area (Å²) < 4.78 is 0.801. The predicted molar refractivity (Wildman–Crippen MR) is 94.8 cm³/mol. The average Bonchev–Trinajstić information content (AvgIpc) is 2.96. The van der Waals surface area contributed by atoms with E-state index in [1.807, 2.05) is 24.3 Å². The summed E-state index contributed by atoms with van der Waals surface area (Å²) in [6.45, 7) is 4.24. The lowest BCUT2D eigenvalue weighted by Gasteiger charge is -2.18. The fourth-order valence-corrected chi connectivity index (χ4v) is 4.22. The fraction of sp³-hybridized carbons (Fsp3) is 0.294. The second-order valence-corrected chi connectivity index (χ2v) is 7.17. The molecule has 0 fully saturated rings. The minimum Gasteiger partial charge on any atom is -0.280 e. The molecule has 2 aromatic rings. The molecule has 0 atom stereocenters. The van der Waals surface area contributed by atoms with Crippen molar-refractivity contribution in [2.24, 2.45) is 0 Å². The zero-order valence-electron chi connectivity index (χ0n) is 12.2. The van der Waals surface area contributed by atoms with E-state index in [1.165, 1.54) is 23.4 Å². The summed E-state index contributed by atoms with van der Waals surface area (Å²) in [5.74, 6) is -0.0431. The van der Waals surface area contributed by atoms with Gasteiger partial charge in [0.1, 0.15) is 0 Å². The molecule has 1 aromatic carbocycles. The highest BCUT2D eigenvalue weighted by molar-refractivity contribution is 9.10. The highest BCUT2D eigenvalue weighted by Gasteiger charge is 2.24. The summed E-state index contributed by atoms with van der Waals surface area (Å²) in [5, 5.41) is 0.785. The molecule has 0 N–H and O–H groups in total. The predicted octanol–water partition coefficient (Wildman–Crippen LogP) is 4.62. The van der Waals surface area contributed by atoms with Gasteiger partial charge in [0.25, 0.3) is 5.91 Å². The molecule has 3 nitrogen and oxygen atoms in total. The number of rotatable bonds is 4. The highest BCUT2D eigenvalue weighted by Crippen LogP contribution is 2.33. The van der Waals surface area contributed by atoms with Crippen molar-refractivity contribution in [2.45, 2.75) is 25.7 Å². The monoisotopic (exact) mass is 376 g/mol. The Morgan fingerprint density at radius 3 is 2.86 bits per heavy atom. The van der Waals surface area contributed by atoms with E-state index < -0.39 is 0 Å². The largest absolute Gasteiger partial charge is 0.280 e. The molecule has 114 valence electrons. The van der Waals surface area contributed by atoms with E-state index in [2.05, 4.69) is 22.5 Å². The van der Waals surface area contributed by atoms with Crippen LogP contribution in [-0.2, 0) is 12.8 Å². The molecule has 0 spiro atoms. The first-order valence-corrected chi connectivity index (χ1v) is 8.97. The second kappa shape index (κ2) is 6.75. The van der Waals surface area contributed by atoms with Crippen LogP contribution in [0.2, 0.25) is 0 Å². The molecule has 0 bridgehead atoms. The van der Waals surface area contributed by atoms with Gasteiger partial charge in [0.15, 0.2) is 5.13 Å². The lowest BCUT2D eigenvalue weighted by Crippen LogP contribution is -2.31. The number of anilines is 1. The molecule has 1 aliphatic rings. The molecule has 1 aliphatic carbocycles. The Kier molecular flexibility index (Phi) is 4.74. The molecule has 1 aromatic heterocycles. The van der Waals surface area contributed by atoms with Gasteiger partial charge in [0.05, 0.1) is 11.3 Å². The molecular formula is C17H17BrN2OS. The number of benzene rings is 1. The van der Waals surface area contributed by atoms with Crippen LogP contribution < -0.4 is 4.90 Å². The first-order valence-electron chi connectivity index (χ1n) is 7.36. The number of nitrogens with zero attached hydrogens (tertiary/aromatic N) is 2. The Morgan fingerprint density at radius 1 is 1.36 bits per heavy atom. The number of carbonyl (C=O) groups is 1. The van der Waals surface area contributed by atoms with Gasteiger partial charge in [-0.2, -0.15) is 0 Å². The first kappa shape index (κ1) is 15.4. The Balaban J connectivity index is 1.95. The molecule has 22 heavy (non-hydrogen) atoms. The van der Waals surface area contributed by atoms with Gasteiger partial charge in [-0.15, -0.1) is 17.9 Å². The number of halogens is 1. The van der Waals surface area contributed by atoms with Crippen LogP contribution in [0.25, 0.3) is 0 Å². The zero-order chi connectivity index (χ0) is 15.5. The average molecular weight is 377 g/mol. The van der Waals surface area contributed by atoms with E-state index in [4.69, 9.17) is 4.98 Å². The molecular weight excluding hydrogens is 360 g/mol. The van der Waals surface area contributed by atoms with Gasteiger partial charge in [-0.25, -0.2) is 4.98 Å². The van der Waals surface area contributed by atoms with E-state index in [0.29, 0.717) is 12.1 Å². The van der Waals surface area contributed by atoms with E-state index in [1.54, 1.807) is 22.3 Å². The van der Waals surface area contributed by atoms with Crippen LogP contribution in [0.3, 0.4) is 0 Å². The third-order valence-corrected chi connectivity index (χ3v) is 5.60. The van der Waals surface area contributed by atoms with Gasteiger partial charge in [0, 0.05) is 15.9 Å². The van der Waals surface area contributed by atoms with Crippen molar-refractivity contribution in [1.82, 2.24) is 4.98 Å². The Hall–Kier alpha value is -1.46. The maximum atomic E-state index is 12.9. The number of hydrogen-bond acceptors (Lipinski definition) is 3. The number of hydrogen-bond donors (Lipinski definition) is 0. The van der Waals surface area contributed by atoms with Gasteiger partial charge in [-0.1, -0.05) is 18.2 Å². The standard InChI is InChI=1S/C17H17BrN2OS/c1-2-11-20(16(21)12-7-3-4-8-13(12)18)17-19-14-9-5-6-10-15(14)22-17/h2-4,7-8H,1,5-6,9-11H2. The van der Waals surface area contributed by atoms with Crippen molar-refractivity contribution in [2.75, 3.05) is 11.4 Å². The summed E-state index contributed by atoms with van der Waals surface area (Å²) in [7, 11) is 0. The van der Waals surface area contributed by atoms with Gasteiger partial charge in [-0.3, -0.25) is 9.69 Å². The molecule has 3 rings (SSSR count). The van der Waals surface area contributed by atoms with Crippen molar-refractivity contribution < 1.29 is 4.79 Å². The topological polar surface area (TPSA) is 33.2 Å². The Morgan fingerprint density at radius 2 is 2.14 bits per heavy atom. The lowest BCUT2D eigenvalue weighted by molar-refractivity contribution is 0.0989. The molecule has 0 radical (unpaired) electrons. The number of aromatic nitrogens is 1. The molecule has 5 heteroatoms. The maximum absolute atomic E-state index is 12.9.